The molecule has 1 amide bonds. The fraction of sp³-hybridized carbons (Fsp3) is 0.467. The minimum absolute atomic E-state index is 0.0315. The minimum atomic E-state index is -0.942. The second-order valence-corrected chi connectivity index (χ2v) is 7.17. The highest BCUT2D eigenvalue weighted by Crippen LogP contribution is 2.46. The summed E-state index contributed by atoms with van der Waals surface area (Å²) < 4.78 is 0. The maximum absolute atomic E-state index is 12.8. The summed E-state index contributed by atoms with van der Waals surface area (Å²) in [5.41, 5.74) is 1.36. The van der Waals surface area contributed by atoms with E-state index in [2.05, 4.69) is 0 Å². The minimum Gasteiger partial charge on any atom is -0.480 e. The van der Waals surface area contributed by atoms with E-state index in [1.165, 1.54) is 4.90 Å². The molecule has 1 saturated carbocycles. The predicted molar refractivity (Wildman–Crippen MR) is 82.8 cm³/mol. The monoisotopic (exact) mass is 325 g/mol. The van der Waals surface area contributed by atoms with Crippen LogP contribution in [-0.2, 0) is 4.79 Å². The molecule has 21 heavy (non-hydrogen) atoms. The molecule has 1 saturated heterocycles. The third kappa shape index (κ3) is 2.77. The van der Waals surface area contributed by atoms with E-state index < -0.39 is 12.0 Å². The lowest BCUT2D eigenvalue weighted by atomic mass is 10.1. The van der Waals surface area contributed by atoms with Crippen LogP contribution in [0.2, 0.25) is 5.02 Å². The predicted octanol–water partition coefficient (Wildman–Crippen LogP) is 3.03. The van der Waals surface area contributed by atoms with Gasteiger partial charge in [0.15, 0.2) is 0 Å². The topological polar surface area (TPSA) is 57.6 Å². The highest BCUT2D eigenvalue weighted by Gasteiger charge is 2.48. The van der Waals surface area contributed by atoms with Crippen LogP contribution in [0.4, 0.5) is 0 Å². The molecular formula is C15H16ClNO3S. The molecule has 3 rings (SSSR count). The van der Waals surface area contributed by atoms with E-state index in [9.17, 15) is 14.7 Å². The third-order valence-corrected chi connectivity index (χ3v) is 5.71. The van der Waals surface area contributed by atoms with Crippen LogP contribution in [0, 0.1) is 12.8 Å². The van der Waals surface area contributed by atoms with Gasteiger partial charge in [0.1, 0.15) is 6.04 Å². The van der Waals surface area contributed by atoms with Crippen LogP contribution in [-0.4, -0.2) is 39.1 Å². The van der Waals surface area contributed by atoms with Gasteiger partial charge in [0.05, 0.1) is 16.0 Å². The van der Waals surface area contributed by atoms with Gasteiger partial charge in [-0.2, -0.15) is 0 Å². The molecule has 0 radical (unpaired) electrons. The Morgan fingerprint density at radius 2 is 2.10 bits per heavy atom. The van der Waals surface area contributed by atoms with Gasteiger partial charge in [-0.3, -0.25) is 4.79 Å². The van der Waals surface area contributed by atoms with Crippen molar-refractivity contribution in [2.45, 2.75) is 31.2 Å². The fourth-order valence-electron chi connectivity index (χ4n) is 2.65. The summed E-state index contributed by atoms with van der Waals surface area (Å²) in [6, 6.07) is 4.49. The van der Waals surface area contributed by atoms with E-state index in [4.69, 9.17) is 11.6 Å². The zero-order valence-electron chi connectivity index (χ0n) is 11.6. The van der Waals surface area contributed by atoms with Crippen LogP contribution in [0.1, 0.15) is 28.8 Å². The Labute approximate surface area is 132 Å². The molecule has 6 heteroatoms. The molecule has 1 aliphatic heterocycles. The first-order chi connectivity index (χ1) is 9.99. The van der Waals surface area contributed by atoms with E-state index in [1.807, 2.05) is 13.0 Å². The van der Waals surface area contributed by atoms with Gasteiger partial charge in [-0.15, -0.1) is 11.8 Å². The molecule has 2 atom stereocenters. The van der Waals surface area contributed by atoms with Crippen LogP contribution >= 0.6 is 23.4 Å². The smallest absolute Gasteiger partial charge is 0.327 e. The normalized spacial score (nSPS) is 25.1. The number of carboxylic acid groups (broad SMARTS) is 1. The number of aryl methyl sites for hydroxylation is 1. The number of aliphatic carboxylic acids is 1. The summed E-state index contributed by atoms with van der Waals surface area (Å²) in [6.07, 6.45) is 2.13. The van der Waals surface area contributed by atoms with Crippen molar-refractivity contribution in [3.05, 3.63) is 34.3 Å². The van der Waals surface area contributed by atoms with Crippen LogP contribution in [0.5, 0.6) is 0 Å². The number of hydrogen-bond donors (Lipinski definition) is 1. The van der Waals surface area contributed by atoms with Crippen LogP contribution < -0.4 is 0 Å². The first-order valence-corrected chi connectivity index (χ1v) is 8.35. The van der Waals surface area contributed by atoms with Crippen molar-refractivity contribution >= 4 is 35.2 Å². The summed E-state index contributed by atoms with van der Waals surface area (Å²) in [5, 5.41) is 9.73. The van der Waals surface area contributed by atoms with Crippen LogP contribution in [0.25, 0.3) is 0 Å². The van der Waals surface area contributed by atoms with Gasteiger partial charge in [0, 0.05) is 5.75 Å². The molecule has 1 N–H and O–H groups in total. The van der Waals surface area contributed by atoms with Gasteiger partial charge in [-0.25, -0.2) is 4.79 Å². The Morgan fingerprint density at radius 3 is 2.67 bits per heavy atom. The maximum atomic E-state index is 12.8. The maximum Gasteiger partial charge on any atom is 0.327 e. The standard InChI is InChI=1S/C15H16ClNO3S/c1-8-2-5-10(11(16)6-8)13(18)17-12(15(19)20)7-21-14(17)9-3-4-9/h2,5-6,9,12,14H,3-4,7H2,1H3,(H,19,20). The van der Waals surface area contributed by atoms with Gasteiger partial charge in [0.25, 0.3) is 5.91 Å². The number of carboxylic acids is 1. The number of carbonyl (C=O) groups excluding carboxylic acids is 1. The summed E-state index contributed by atoms with van der Waals surface area (Å²) in [4.78, 5) is 25.8. The Bertz CT molecular complexity index is 603. The molecule has 2 fully saturated rings. The van der Waals surface area contributed by atoms with Gasteiger partial charge in [-0.05, 0) is 43.4 Å². The molecule has 0 spiro atoms. The quantitative estimate of drug-likeness (QED) is 0.928. The summed E-state index contributed by atoms with van der Waals surface area (Å²) in [5.74, 6) is -0.338. The average Bonchev–Trinajstić information content (AvgIpc) is 3.16. The first kappa shape index (κ1) is 14.7. The van der Waals surface area contributed by atoms with E-state index in [-0.39, 0.29) is 11.3 Å². The molecule has 1 aromatic carbocycles. The highest BCUT2D eigenvalue weighted by atomic mass is 35.5. The lowest BCUT2D eigenvalue weighted by Gasteiger charge is -2.27. The van der Waals surface area contributed by atoms with Crippen molar-refractivity contribution in [3.8, 4) is 0 Å². The molecule has 2 aliphatic rings. The van der Waals surface area contributed by atoms with Crippen LogP contribution in [0.3, 0.4) is 0 Å². The molecule has 1 aliphatic carbocycles. The number of nitrogens with zero attached hydrogens (tertiary/aromatic N) is 1. The first-order valence-electron chi connectivity index (χ1n) is 6.92. The summed E-state index contributed by atoms with van der Waals surface area (Å²) >= 11 is 7.74. The van der Waals surface area contributed by atoms with Crippen molar-refractivity contribution in [1.82, 2.24) is 4.90 Å². The highest BCUT2D eigenvalue weighted by molar-refractivity contribution is 8.00. The van der Waals surface area contributed by atoms with Crippen molar-refractivity contribution in [2.75, 3.05) is 5.75 Å². The zero-order valence-corrected chi connectivity index (χ0v) is 13.2. The summed E-state index contributed by atoms with van der Waals surface area (Å²) in [6.45, 7) is 1.90. The van der Waals surface area contributed by atoms with E-state index >= 15 is 0 Å². The molecule has 0 bridgehead atoms. The Balaban J connectivity index is 1.93. The largest absolute Gasteiger partial charge is 0.480 e. The number of benzene rings is 1. The molecule has 112 valence electrons. The van der Waals surface area contributed by atoms with Crippen LogP contribution in [0.15, 0.2) is 18.2 Å². The molecular weight excluding hydrogens is 310 g/mol. The lowest BCUT2D eigenvalue weighted by Crippen LogP contribution is -2.46. The van der Waals surface area contributed by atoms with Gasteiger partial charge < -0.3 is 10.0 Å². The zero-order chi connectivity index (χ0) is 15.1. The van der Waals surface area contributed by atoms with Crippen molar-refractivity contribution in [1.29, 1.82) is 0 Å². The Morgan fingerprint density at radius 1 is 1.38 bits per heavy atom. The third-order valence-electron chi connectivity index (χ3n) is 3.93. The van der Waals surface area contributed by atoms with Crippen molar-refractivity contribution in [2.24, 2.45) is 5.92 Å². The fourth-order valence-corrected chi connectivity index (χ4v) is 4.60. The van der Waals surface area contributed by atoms with Crippen molar-refractivity contribution < 1.29 is 14.7 Å². The molecule has 1 heterocycles. The molecule has 2 unspecified atom stereocenters. The Kier molecular flexibility index (Phi) is 3.88. The van der Waals surface area contributed by atoms with Gasteiger partial charge in [-0.1, -0.05) is 17.7 Å². The second-order valence-electron chi connectivity index (χ2n) is 5.61. The number of carbonyl (C=O) groups is 2. The molecule has 0 aromatic heterocycles. The number of halogens is 1. The molecule has 4 nitrogen and oxygen atoms in total. The number of rotatable bonds is 3. The van der Waals surface area contributed by atoms with Gasteiger partial charge in [0.2, 0.25) is 0 Å². The van der Waals surface area contributed by atoms with E-state index in [0.29, 0.717) is 22.3 Å². The number of amides is 1. The number of hydrogen-bond acceptors (Lipinski definition) is 3. The summed E-state index contributed by atoms with van der Waals surface area (Å²) in [7, 11) is 0. The van der Waals surface area contributed by atoms with E-state index in [1.54, 1.807) is 23.9 Å². The van der Waals surface area contributed by atoms with Crippen molar-refractivity contribution in [3.63, 3.8) is 0 Å². The Hall–Kier alpha value is -1.20. The SMILES string of the molecule is Cc1ccc(C(=O)N2C(C(=O)O)CSC2C2CC2)c(Cl)c1. The number of thioether (sulfide) groups is 1. The van der Waals surface area contributed by atoms with E-state index in [0.717, 1.165) is 18.4 Å². The van der Waals surface area contributed by atoms with Gasteiger partial charge >= 0.3 is 5.97 Å². The second kappa shape index (κ2) is 5.54. The lowest BCUT2D eigenvalue weighted by molar-refractivity contribution is -0.141. The molecule has 1 aromatic rings. The average molecular weight is 326 g/mol.